The van der Waals surface area contributed by atoms with Crippen molar-refractivity contribution in [2.45, 2.75) is 11.8 Å². The van der Waals surface area contributed by atoms with Crippen LogP contribution in [0.1, 0.15) is 20.8 Å². The summed E-state index contributed by atoms with van der Waals surface area (Å²) in [5.41, 5.74) is 2.17. The Morgan fingerprint density at radius 2 is 1.76 bits per heavy atom. The Kier molecular flexibility index (Phi) is 3.90. The minimum atomic E-state index is -0.638. The van der Waals surface area contributed by atoms with Gasteiger partial charge in [0.25, 0.3) is 0 Å². The number of aromatic amines is 2. The van der Waals surface area contributed by atoms with Gasteiger partial charge in [0.1, 0.15) is 0 Å². The summed E-state index contributed by atoms with van der Waals surface area (Å²) in [6.45, 7) is 2.05. The minimum absolute atomic E-state index is 0.0346. The third kappa shape index (κ3) is 2.77. The fourth-order valence-electron chi connectivity index (χ4n) is 2.06. The molecule has 0 saturated carbocycles. The molecule has 0 aliphatic rings. The Morgan fingerprint density at radius 1 is 1.10 bits per heavy atom. The van der Waals surface area contributed by atoms with Crippen molar-refractivity contribution in [1.82, 2.24) is 9.97 Å². The second-order valence-corrected chi connectivity index (χ2v) is 8.00. The number of benzene rings is 1. The van der Waals surface area contributed by atoms with Crippen LogP contribution in [0, 0.1) is 6.92 Å². The maximum atomic E-state index is 11.4. The maximum absolute atomic E-state index is 11.4. The van der Waals surface area contributed by atoms with E-state index in [9.17, 15) is 9.59 Å². The van der Waals surface area contributed by atoms with Crippen molar-refractivity contribution in [3.05, 3.63) is 64.8 Å². The predicted octanol–water partition coefficient (Wildman–Crippen LogP) is 3.83. The van der Waals surface area contributed by atoms with Gasteiger partial charge < -0.3 is 9.97 Å². The SMILES string of the molecule is Cc1cc(C(Br)c2ccc3[nH]c(=O)c(=O)[nH]c3c2)sc1Br. The molecular formula is C14H10Br2N2O2S. The second kappa shape index (κ2) is 5.55. The van der Waals surface area contributed by atoms with Crippen molar-refractivity contribution in [2.24, 2.45) is 0 Å². The first-order valence-corrected chi connectivity index (χ1v) is 8.64. The molecule has 2 heterocycles. The monoisotopic (exact) mass is 428 g/mol. The van der Waals surface area contributed by atoms with E-state index in [4.69, 9.17) is 0 Å². The van der Waals surface area contributed by atoms with E-state index in [0.717, 1.165) is 9.35 Å². The first kappa shape index (κ1) is 14.7. The lowest BCUT2D eigenvalue weighted by atomic mass is 10.1. The van der Waals surface area contributed by atoms with Gasteiger partial charge in [-0.2, -0.15) is 0 Å². The molecule has 0 radical (unpaired) electrons. The van der Waals surface area contributed by atoms with Crippen LogP contribution in [-0.4, -0.2) is 9.97 Å². The van der Waals surface area contributed by atoms with E-state index in [1.807, 2.05) is 19.1 Å². The molecular weight excluding hydrogens is 420 g/mol. The molecule has 7 heteroatoms. The smallest absolute Gasteiger partial charge is 0.314 e. The Balaban J connectivity index is 2.10. The highest BCUT2D eigenvalue weighted by Crippen LogP contribution is 2.39. The molecule has 0 aliphatic heterocycles. The zero-order valence-electron chi connectivity index (χ0n) is 10.9. The first-order valence-electron chi connectivity index (χ1n) is 6.12. The molecule has 2 N–H and O–H groups in total. The Bertz CT molecular complexity index is 923. The zero-order valence-corrected chi connectivity index (χ0v) is 14.9. The third-order valence-electron chi connectivity index (χ3n) is 3.16. The van der Waals surface area contributed by atoms with Crippen molar-refractivity contribution < 1.29 is 0 Å². The summed E-state index contributed by atoms with van der Waals surface area (Å²) in [4.78, 5) is 29.1. The predicted molar refractivity (Wildman–Crippen MR) is 92.7 cm³/mol. The number of hydrogen-bond donors (Lipinski definition) is 2. The Labute approximate surface area is 140 Å². The number of aromatic nitrogens is 2. The number of aryl methyl sites for hydroxylation is 1. The summed E-state index contributed by atoms with van der Waals surface area (Å²) in [6.07, 6.45) is 0. The van der Waals surface area contributed by atoms with Gasteiger partial charge in [0.15, 0.2) is 0 Å². The minimum Gasteiger partial charge on any atom is -0.316 e. The molecule has 108 valence electrons. The molecule has 2 aromatic heterocycles. The van der Waals surface area contributed by atoms with Gasteiger partial charge in [-0.1, -0.05) is 22.0 Å². The zero-order chi connectivity index (χ0) is 15.1. The van der Waals surface area contributed by atoms with Crippen molar-refractivity contribution in [2.75, 3.05) is 0 Å². The molecule has 0 bridgehead atoms. The quantitative estimate of drug-likeness (QED) is 0.480. The van der Waals surface area contributed by atoms with Crippen LogP contribution in [-0.2, 0) is 0 Å². The van der Waals surface area contributed by atoms with Gasteiger partial charge in [-0.05, 0) is 52.2 Å². The number of thiophene rings is 1. The van der Waals surface area contributed by atoms with E-state index in [1.54, 1.807) is 17.4 Å². The number of rotatable bonds is 2. The molecule has 21 heavy (non-hydrogen) atoms. The normalized spacial score (nSPS) is 12.7. The lowest BCUT2D eigenvalue weighted by Crippen LogP contribution is -2.28. The average molecular weight is 430 g/mol. The van der Waals surface area contributed by atoms with E-state index in [0.29, 0.717) is 11.0 Å². The first-order chi connectivity index (χ1) is 9.95. The number of hydrogen-bond acceptors (Lipinski definition) is 3. The van der Waals surface area contributed by atoms with Crippen LogP contribution < -0.4 is 11.1 Å². The molecule has 0 fully saturated rings. The Morgan fingerprint density at radius 3 is 2.38 bits per heavy atom. The maximum Gasteiger partial charge on any atom is 0.314 e. The van der Waals surface area contributed by atoms with Gasteiger partial charge >= 0.3 is 11.1 Å². The fraction of sp³-hybridized carbons (Fsp3) is 0.143. The summed E-state index contributed by atoms with van der Waals surface area (Å²) in [5.74, 6) is 0. The number of H-pyrrole nitrogens is 2. The van der Waals surface area contributed by atoms with Crippen molar-refractivity contribution >= 4 is 54.2 Å². The lowest BCUT2D eigenvalue weighted by Gasteiger charge is -2.09. The topological polar surface area (TPSA) is 65.7 Å². The molecule has 0 spiro atoms. The Hall–Kier alpha value is -1.18. The van der Waals surface area contributed by atoms with Crippen molar-refractivity contribution in [3.63, 3.8) is 0 Å². The van der Waals surface area contributed by atoms with E-state index in [1.165, 1.54) is 10.4 Å². The summed E-state index contributed by atoms with van der Waals surface area (Å²) in [7, 11) is 0. The van der Waals surface area contributed by atoms with Gasteiger partial charge in [0.05, 0.1) is 19.6 Å². The van der Waals surface area contributed by atoms with Gasteiger partial charge in [0.2, 0.25) is 0 Å². The molecule has 1 unspecified atom stereocenters. The molecule has 1 atom stereocenters. The summed E-state index contributed by atoms with van der Waals surface area (Å²) in [5, 5.41) is 0. The highest BCUT2D eigenvalue weighted by Gasteiger charge is 2.15. The highest BCUT2D eigenvalue weighted by molar-refractivity contribution is 9.11. The summed E-state index contributed by atoms with van der Waals surface area (Å²) in [6, 6.07) is 7.72. The van der Waals surface area contributed by atoms with Crippen LogP contribution in [0.15, 0.2) is 37.6 Å². The average Bonchev–Trinajstić information content (AvgIpc) is 2.79. The molecule has 3 aromatic rings. The van der Waals surface area contributed by atoms with Gasteiger partial charge in [-0.15, -0.1) is 11.3 Å². The van der Waals surface area contributed by atoms with Crippen molar-refractivity contribution in [3.8, 4) is 0 Å². The van der Waals surface area contributed by atoms with Crippen molar-refractivity contribution in [1.29, 1.82) is 0 Å². The van der Waals surface area contributed by atoms with Crippen LogP contribution >= 0.6 is 43.2 Å². The number of alkyl halides is 1. The largest absolute Gasteiger partial charge is 0.316 e. The molecule has 3 rings (SSSR count). The van der Waals surface area contributed by atoms with Crippen LogP contribution in [0.5, 0.6) is 0 Å². The van der Waals surface area contributed by atoms with Gasteiger partial charge in [0, 0.05) is 4.88 Å². The lowest BCUT2D eigenvalue weighted by molar-refractivity contribution is 1.13. The standard InChI is InChI=1S/C14H10Br2N2O2S/c1-6-4-10(21-12(6)16)11(15)7-2-3-8-9(5-7)18-14(20)13(19)17-8/h2-5,11H,1H3,(H,17,19)(H,18,20). The third-order valence-corrected chi connectivity index (χ3v) is 6.69. The van der Waals surface area contributed by atoms with Crippen LogP contribution in [0.4, 0.5) is 0 Å². The highest BCUT2D eigenvalue weighted by atomic mass is 79.9. The van der Waals surface area contributed by atoms with Crippen LogP contribution in [0.2, 0.25) is 0 Å². The molecule has 0 amide bonds. The molecule has 0 aliphatic carbocycles. The fourth-order valence-corrected chi connectivity index (χ4v) is 4.34. The summed E-state index contributed by atoms with van der Waals surface area (Å²) < 4.78 is 1.11. The number of halogens is 2. The summed E-state index contributed by atoms with van der Waals surface area (Å²) >= 11 is 8.88. The van der Waals surface area contributed by atoms with Gasteiger partial charge in [-0.3, -0.25) is 9.59 Å². The second-order valence-electron chi connectivity index (χ2n) is 4.68. The number of fused-ring (bicyclic) bond motifs is 1. The van der Waals surface area contributed by atoms with E-state index >= 15 is 0 Å². The molecule has 0 saturated heterocycles. The van der Waals surface area contributed by atoms with Crippen LogP contribution in [0.25, 0.3) is 11.0 Å². The van der Waals surface area contributed by atoms with E-state index in [-0.39, 0.29) is 4.83 Å². The molecule has 1 aromatic carbocycles. The number of nitrogens with one attached hydrogen (secondary N) is 2. The van der Waals surface area contributed by atoms with Crippen LogP contribution in [0.3, 0.4) is 0 Å². The van der Waals surface area contributed by atoms with E-state index in [2.05, 4.69) is 47.9 Å². The molecule has 4 nitrogen and oxygen atoms in total. The van der Waals surface area contributed by atoms with E-state index < -0.39 is 11.1 Å². The van der Waals surface area contributed by atoms with Gasteiger partial charge in [-0.25, -0.2) is 0 Å².